The lowest BCUT2D eigenvalue weighted by molar-refractivity contribution is -0.162. The highest BCUT2D eigenvalue weighted by atomic mass is 16.5. The number of nitrogens with one attached hydrogen (secondary N) is 1. The standard InChI is InChI=1S/C23H30N2O4/c1-5-14-8-13-11-23(22(26)29-4)20-15(6-7-25(12-13)21(14)23)16-9-18(27-2)19(28-3)10-17(16)24-20/h9-10,13-14,21,24H,5-8,11-12H2,1-4H3/t13-,14+,21+,23-/m1/s1. The number of hydrogen-bond donors (Lipinski definition) is 1. The number of benzene rings is 1. The number of methoxy groups -OCH3 is 3. The van der Waals surface area contributed by atoms with Crippen molar-refractivity contribution in [2.75, 3.05) is 34.4 Å². The molecule has 1 saturated carbocycles. The van der Waals surface area contributed by atoms with Gasteiger partial charge in [0, 0.05) is 41.8 Å². The van der Waals surface area contributed by atoms with Gasteiger partial charge in [0.25, 0.3) is 0 Å². The summed E-state index contributed by atoms with van der Waals surface area (Å²) >= 11 is 0. The van der Waals surface area contributed by atoms with Gasteiger partial charge in [-0.05, 0) is 42.7 Å². The van der Waals surface area contributed by atoms with Crippen LogP contribution in [0.25, 0.3) is 10.9 Å². The number of esters is 1. The maximum Gasteiger partial charge on any atom is 0.319 e. The molecule has 1 N–H and O–H groups in total. The number of aromatic amines is 1. The first-order chi connectivity index (χ1) is 14.1. The number of carbonyl (C=O) groups is 1. The maximum atomic E-state index is 13.5. The molecule has 2 aromatic rings. The molecule has 4 aliphatic rings. The van der Waals surface area contributed by atoms with Crippen molar-refractivity contribution in [2.45, 2.75) is 44.1 Å². The average Bonchev–Trinajstić information content (AvgIpc) is 3.08. The number of H-pyrrole nitrogens is 1. The van der Waals surface area contributed by atoms with Gasteiger partial charge in [0.15, 0.2) is 11.5 Å². The summed E-state index contributed by atoms with van der Waals surface area (Å²) in [6.07, 6.45) is 4.09. The molecule has 29 heavy (non-hydrogen) atoms. The number of piperidine rings is 2. The molecule has 1 aliphatic carbocycles. The van der Waals surface area contributed by atoms with E-state index in [1.165, 1.54) is 19.1 Å². The van der Waals surface area contributed by atoms with Crippen LogP contribution in [0.2, 0.25) is 0 Å². The first-order valence-electron chi connectivity index (χ1n) is 10.7. The Labute approximate surface area is 171 Å². The van der Waals surface area contributed by atoms with Gasteiger partial charge in [-0.1, -0.05) is 13.3 Å². The van der Waals surface area contributed by atoms with E-state index in [1.54, 1.807) is 14.2 Å². The summed E-state index contributed by atoms with van der Waals surface area (Å²) in [7, 11) is 4.84. The van der Waals surface area contributed by atoms with Crippen molar-refractivity contribution in [1.82, 2.24) is 9.88 Å². The minimum Gasteiger partial charge on any atom is -0.493 e. The van der Waals surface area contributed by atoms with E-state index < -0.39 is 5.41 Å². The third-order valence-electron chi connectivity index (χ3n) is 7.66. The van der Waals surface area contributed by atoms with E-state index in [-0.39, 0.29) is 12.0 Å². The van der Waals surface area contributed by atoms with Crippen molar-refractivity contribution in [2.24, 2.45) is 11.8 Å². The van der Waals surface area contributed by atoms with Crippen molar-refractivity contribution in [3.63, 3.8) is 0 Å². The van der Waals surface area contributed by atoms with Gasteiger partial charge < -0.3 is 19.2 Å². The first kappa shape index (κ1) is 18.8. The van der Waals surface area contributed by atoms with E-state index >= 15 is 0 Å². The van der Waals surface area contributed by atoms with Crippen molar-refractivity contribution in [3.05, 3.63) is 23.4 Å². The smallest absolute Gasteiger partial charge is 0.319 e. The molecule has 0 radical (unpaired) electrons. The molecule has 1 aromatic carbocycles. The van der Waals surface area contributed by atoms with Crippen LogP contribution in [0.5, 0.6) is 11.5 Å². The fourth-order valence-corrected chi connectivity index (χ4v) is 6.64. The molecular formula is C23H30N2O4. The van der Waals surface area contributed by atoms with Crippen LogP contribution in [-0.2, 0) is 21.4 Å². The van der Waals surface area contributed by atoms with Crippen LogP contribution in [0.15, 0.2) is 12.1 Å². The van der Waals surface area contributed by atoms with E-state index in [4.69, 9.17) is 14.2 Å². The molecule has 6 nitrogen and oxygen atoms in total. The van der Waals surface area contributed by atoms with Crippen molar-refractivity contribution in [1.29, 1.82) is 0 Å². The minimum absolute atomic E-state index is 0.0935. The Morgan fingerprint density at radius 1 is 1.24 bits per heavy atom. The Morgan fingerprint density at radius 3 is 2.69 bits per heavy atom. The summed E-state index contributed by atoms with van der Waals surface area (Å²) in [5.74, 6) is 2.37. The predicted molar refractivity (Wildman–Crippen MR) is 111 cm³/mol. The van der Waals surface area contributed by atoms with E-state index in [1.807, 2.05) is 6.07 Å². The van der Waals surface area contributed by atoms with Crippen molar-refractivity contribution in [3.8, 4) is 11.5 Å². The van der Waals surface area contributed by atoms with Gasteiger partial charge in [-0.2, -0.15) is 0 Å². The third kappa shape index (κ3) is 2.41. The quantitative estimate of drug-likeness (QED) is 0.801. The highest BCUT2D eigenvalue weighted by molar-refractivity contribution is 5.93. The zero-order chi connectivity index (χ0) is 20.3. The summed E-state index contributed by atoms with van der Waals surface area (Å²) in [6.45, 7) is 4.33. The molecule has 3 fully saturated rings. The Balaban J connectivity index is 1.79. The van der Waals surface area contributed by atoms with Gasteiger partial charge in [0.1, 0.15) is 5.41 Å². The lowest BCUT2D eigenvalue weighted by Crippen LogP contribution is -2.67. The van der Waals surface area contributed by atoms with Gasteiger partial charge in [-0.15, -0.1) is 0 Å². The van der Waals surface area contributed by atoms with Gasteiger partial charge in [0.2, 0.25) is 0 Å². The molecule has 1 aromatic heterocycles. The number of aromatic nitrogens is 1. The molecule has 5 atom stereocenters. The van der Waals surface area contributed by atoms with Gasteiger partial charge in [-0.3, -0.25) is 9.69 Å². The highest BCUT2D eigenvalue weighted by Crippen LogP contribution is 2.55. The second-order valence-corrected chi connectivity index (χ2v) is 8.86. The van der Waals surface area contributed by atoms with E-state index in [0.29, 0.717) is 17.6 Å². The molecule has 4 bridgehead atoms. The molecule has 1 unspecified atom stereocenters. The predicted octanol–water partition coefficient (Wildman–Crippen LogP) is 3.27. The fourth-order valence-electron chi connectivity index (χ4n) is 6.64. The number of hydrogen-bond acceptors (Lipinski definition) is 5. The molecule has 0 spiro atoms. The summed E-state index contributed by atoms with van der Waals surface area (Å²) in [5, 5.41) is 1.12. The highest BCUT2D eigenvalue weighted by Gasteiger charge is 2.62. The normalized spacial score (nSPS) is 32.6. The largest absolute Gasteiger partial charge is 0.493 e. The Hall–Kier alpha value is -2.21. The Morgan fingerprint density at radius 2 is 2.00 bits per heavy atom. The van der Waals surface area contributed by atoms with Crippen LogP contribution in [0.3, 0.4) is 0 Å². The first-order valence-corrected chi connectivity index (χ1v) is 10.7. The van der Waals surface area contributed by atoms with Gasteiger partial charge >= 0.3 is 5.97 Å². The zero-order valence-corrected chi connectivity index (χ0v) is 17.7. The number of carbonyl (C=O) groups excluding carboxylic acids is 1. The Kier molecular flexibility index (Phi) is 4.32. The van der Waals surface area contributed by atoms with Gasteiger partial charge in [0.05, 0.1) is 21.3 Å². The summed E-state index contributed by atoms with van der Waals surface area (Å²) < 4.78 is 16.5. The average molecular weight is 399 g/mol. The number of rotatable bonds is 4. The molecule has 6 heteroatoms. The maximum absolute atomic E-state index is 13.5. The molecule has 2 saturated heterocycles. The fraction of sp³-hybridized carbons (Fsp3) is 0.609. The number of fused-ring (bicyclic) bond motifs is 4. The third-order valence-corrected chi connectivity index (χ3v) is 7.66. The molecule has 4 heterocycles. The molecule has 6 rings (SSSR count). The monoisotopic (exact) mass is 398 g/mol. The lowest BCUT2D eigenvalue weighted by Gasteiger charge is -2.57. The topological polar surface area (TPSA) is 63.8 Å². The van der Waals surface area contributed by atoms with Gasteiger partial charge in [-0.25, -0.2) is 0 Å². The van der Waals surface area contributed by atoms with E-state index in [2.05, 4.69) is 22.9 Å². The number of ether oxygens (including phenoxy) is 3. The van der Waals surface area contributed by atoms with E-state index in [9.17, 15) is 4.79 Å². The SMILES string of the molecule is CC[C@H]1C[C@H]2CN3CCc4c([nH]c5cc(OC)c(OC)cc45)[C@](C(=O)OC)(C2)[C@H]13. The minimum atomic E-state index is -0.623. The van der Waals surface area contributed by atoms with Crippen LogP contribution >= 0.6 is 0 Å². The van der Waals surface area contributed by atoms with Crippen LogP contribution in [0.1, 0.15) is 37.4 Å². The lowest BCUT2D eigenvalue weighted by atomic mass is 9.56. The van der Waals surface area contributed by atoms with Crippen molar-refractivity contribution < 1.29 is 19.0 Å². The van der Waals surface area contributed by atoms with Crippen LogP contribution < -0.4 is 9.47 Å². The second-order valence-electron chi connectivity index (χ2n) is 8.86. The summed E-state index contributed by atoms with van der Waals surface area (Å²) in [4.78, 5) is 19.7. The molecular weight excluding hydrogens is 368 g/mol. The second kappa shape index (κ2) is 6.66. The van der Waals surface area contributed by atoms with E-state index in [0.717, 1.165) is 54.7 Å². The van der Waals surface area contributed by atoms with Crippen LogP contribution in [0, 0.1) is 11.8 Å². The van der Waals surface area contributed by atoms with Crippen LogP contribution in [-0.4, -0.2) is 56.3 Å². The Bertz CT molecular complexity index is 967. The molecule has 0 amide bonds. The van der Waals surface area contributed by atoms with Crippen LogP contribution in [0.4, 0.5) is 0 Å². The zero-order valence-electron chi connectivity index (χ0n) is 17.7. The number of nitrogens with zero attached hydrogens (tertiary/aromatic N) is 1. The summed E-state index contributed by atoms with van der Waals surface area (Å²) in [6, 6.07) is 4.24. The summed E-state index contributed by atoms with van der Waals surface area (Å²) in [5.41, 5.74) is 2.67. The molecule has 3 aliphatic heterocycles. The van der Waals surface area contributed by atoms with Crippen molar-refractivity contribution >= 4 is 16.9 Å². The molecule has 156 valence electrons.